The maximum absolute atomic E-state index is 12.7. The van der Waals surface area contributed by atoms with Gasteiger partial charge >= 0.3 is 0 Å². The molecule has 0 saturated carbocycles. The summed E-state index contributed by atoms with van der Waals surface area (Å²) in [4.78, 5) is 15.8. The zero-order valence-electron chi connectivity index (χ0n) is 10.4. The van der Waals surface area contributed by atoms with E-state index in [1.165, 1.54) is 31.4 Å². The molecule has 0 unspecified atom stereocenters. The van der Waals surface area contributed by atoms with Crippen molar-refractivity contribution in [3.63, 3.8) is 0 Å². The number of hydrogen-bond acceptors (Lipinski definition) is 3. The number of pyridine rings is 1. The van der Waals surface area contributed by atoms with Crippen molar-refractivity contribution in [2.75, 3.05) is 7.11 Å². The molecule has 0 fully saturated rings. The molecule has 0 atom stereocenters. The smallest absolute Gasteiger partial charge is 0.251 e. The highest BCUT2D eigenvalue weighted by atomic mass is 19.1. The van der Waals surface area contributed by atoms with Crippen molar-refractivity contribution in [1.29, 1.82) is 0 Å². The second-order valence-corrected chi connectivity index (χ2v) is 3.90. The third kappa shape index (κ3) is 3.51. The van der Waals surface area contributed by atoms with Gasteiger partial charge in [0, 0.05) is 24.4 Å². The van der Waals surface area contributed by atoms with Crippen molar-refractivity contribution in [3.05, 3.63) is 59.5 Å². The Morgan fingerprint density at radius 1 is 1.26 bits per heavy atom. The number of ether oxygens (including phenoxy) is 1. The van der Waals surface area contributed by atoms with Gasteiger partial charge in [-0.15, -0.1) is 0 Å². The van der Waals surface area contributed by atoms with Crippen molar-refractivity contribution in [2.24, 2.45) is 0 Å². The van der Waals surface area contributed by atoms with Crippen LogP contribution < -0.4 is 10.1 Å². The Morgan fingerprint density at radius 2 is 2.00 bits per heavy atom. The number of carbonyl (C=O) groups excluding carboxylic acids is 1. The van der Waals surface area contributed by atoms with Crippen molar-refractivity contribution in [2.45, 2.75) is 6.54 Å². The largest absolute Gasteiger partial charge is 0.481 e. The molecule has 5 heteroatoms. The molecule has 2 rings (SSSR count). The Morgan fingerprint density at radius 3 is 2.58 bits per heavy atom. The van der Waals surface area contributed by atoms with Crippen LogP contribution >= 0.6 is 0 Å². The van der Waals surface area contributed by atoms with E-state index in [1.54, 1.807) is 12.3 Å². The fraction of sp³-hybridized carbons (Fsp3) is 0.143. The molecular weight excluding hydrogens is 247 g/mol. The molecule has 0 bridgehead atoms. The SMILES string of the molecule is COc1ccc(CNC(=O)c2ccc(F)cc2)cn1. The molecule has 19 heavy (non-hydrogen) atoms. The molecule has 0 aliphatic carbocycles. The van der Waals surface area contributed by atoms with Gasteiger partial charge in [0.1, 0.15) is 5.82 Å². The van der Waals surface area contributed by atoms with Crippen LogP contribution in [0.3, 0.4) is 0 Å². The molecule has 0 radical (unpaired) electrons. The molecule has 0 aliphatic rings. The van der Waals surface area contributed by atoms with Crippen LogP contribution in [0, 0.1) is 5.82 Å². The number of halogens is 1. The van der Waals surface area contributed by atoms with E-state index in [-0.39, 0.29) is 11.7 Å². The van der Waals surface area contributed by atoms with Gasteiger partial charge in [0.25, 0.3) is 5.91 Å². The summed E-state index contributed by atoms with van der Waals surface area (Å²) in [6.07, 6.45) is 1.63. The first kappa shape index (κ1) is 13.0. The number of nitrogens with zero attached hydrogens (tertiary/aromatic N) is 1. The predicted octanol–water partition coefficient (Wildman–Crippen LogP) is 2.16. The molecule has 1 N–H and O–H groups in total. The molecule has 4 nitrogen and oxygen atoms in total. The van der Waals surface area contributed by atoms with Gasteiger partial charge in [0.2, 0.25) is 5.88 Å². The van der Waals surface area contributed by atoms with Crippen molar-refractivity contribution in [3.8, 4) is 5.88 Å². The first-order valence-corrected chi connectivity index (χ1v) is 5.72. The highest BCUT2D eigenvalue weighted by Gasteiger charge is 2.05. The fourth-order valence-corrected chi connectivity index (χ4v) is 1.52. The highest BCUT2D eigenvalue weighted by molar-refractivity contribution is 5.94. The topological polar surface area (TPSA) is 51.2 Å². The minimum atomic E-state index is -0.365. The van der Waals surface area contributed by atoms with Crippen molar-refractivity contribution < 1.29 is 13.9 Å². The Balaban J connectivity index is 1.94. The van der Waals surface area contributed by atoms with Crippen LogP contribution in [0.2, 0.25) is 0 Å². The third-order valence-electron chi connectivity index (χ3n) is 2.57. The molecular formula is C14H13FN2O2. The number of benzene rings is 1. The van der Waals surface area contributed by atoms with E-state index in [4.69, 9.17) is 4.74 Å². The number of amides is 1. The number of methoxy groups -OCH3 is 1. The van der Waals surface area contributed by atoms with Crippen molar-refractivity contribution >= 4 is 5.91 Å². The quantitative estimate of drug-likeness (QED) is 0.916. The van der Waals surface area contributed by atoms with Crippen LogP contribution in [-0.2, 0) is 6.54 Å². The first-order valence-electron chi connectivity index (χ1n) is 5.72. The van der Waals surface area contributed by atoms with Crippen LogP contribution in [0.4, 0.5) is 4.39 Å². The Kier molecular flexibility index (Phi) is 4.07. The van der Waals surface area contributed by atoms with Gasteiger partial charge in [-0.1, -0.05) is 6.07 Å². The normalized spacial score (nSPS) is 10.0. The second-order valence-electron chi connectivity index (χ2n) is 3.90. The Bertz CT molecular complexity index is 553. The van der Waals surface area contributed by atoms with E-state index in [9.17, 15) is 9.18 Å². The summed E-state index contributed by atoms with van der Waals surface area (Å²) in [7, 11) is 1.54. The summed E-state index contributed by atoms with van der Waals surface area (Å²) in [5.41, 5.74) is 1.28. The third-order valence-corrected chi connectivity index (χ3v) is 2.57. The number of rotatable bonds is 4. The van der Waals surface area contributed by atoms with E-state index >= 15 is 0 Å². The van der Waals surface area contributed by atoms with Crippen molar-refractivity contribution in [1.82, 2.24) is 10.3 Å². The monoisotopic (exact) mass is 260 g/mol. The van der Waals surface area contributed by atoms with Gasteiger partial charge in [-0.2, -0.15) is 0 Å². The van der Waals surface area contributed by atoms with Gasteiger partial charge in [-0.3, -0.25) is 4.79 Å². The summed E-state index contributed by atoms with van der Waals surface area (Å²) in [5, 5.41) is 2.73. The minimum absolute atomic E-state index is 0.254. The van der Waals surface area contributed by atoms with Gasteiger partial charge in [0.15, 0.2) is 0 Å². The molecule has 0 spiro atoms. The summed E-state index contributed by atoms with van der Waals surface area (Å²) in [6, 6.07) is 8.93. The van der Waals surface area contributed by atoms with E-state index in [0.717, 1.165) is 5.56 Å². The van der Waals surface area contributed by atoms with E-state index in [2.05, 4.69) is 10.3 Å². The molecule has 1 aromatic heterocycles. The predicted molar refractivity (Wildman–Crippen MR) is 68.4 cm³/mol. The standard InChI is InChI=1S/C14H13FN2O2/c1-19-13-7-2-10(8-16-13)9-17-14(18)11-3-5-12(15)6-4-11/h2-8H,9H2,1H3,(H,17,18). The number of carbonyl (C=O) groups is 1. The van der Waals surface area contributed by atoms with Crippen LogP contribution in [0.15, 0.2) is 42.6 Å². The van der Waals surface area contributed by atoms with Crippen LogP contribution in [0.25, 0.3) is 0 Å². The number of aromatic nitrogens is 1. The molecule has 98 valence electrons. The van der Waals surface area contributed by atoms with Crippen LogP contribution in [-0.4, -0.2) is 18.0 Å². The first-order chi connectivity index (χ1) is 9.19. The maximum atomic E-state index is 12.7. The fourth-order valence-electron chi connectivity index (χ4n) is 1.52. The summed E-state index contributed by atoms with van der Waals surface area (Å²) in [5.74, 6) is -0.0969. The molecule has 2 aromatic rings. The van der Waals surface area contributed by atoms with Gasteiger partial charge < -0.3 is 10.1 Å². The number of hydrogen-bond donors (Lipinski definition) is 1. The highest BCUT2D eigenvalue weighted by Crippen LogP contribution is 2.07. The molecule has 1 amide bonds. The average Bonchev–Trinajstić information content (AvgIpc) is 2.46. The summed E-state index contributed by atoms with van der Waals surface area (Å²) in [6.45, 7) is 0.354. The minimum Gasteiger partial charge on any atom is -0.481 e. The Labute approximate surface area is 110 Å². The lowest BCUT2D eigenvalue weighted by atomic mass is 10.2. The zero-order valence-corrected chi connectivity index (χ0v) is 10.4. The lowest BCUT2D eigenvalue weighted by molar-refractivity contribution is 0.0951. The lowest BCUT2D eigenvalue weighted by Gasteiger charge is -2.05. The summed E-state index contributed by atoms with van der Waals surface area (Å²) >= 11 is 0. The van der Waals surface area contributed by atoms with Gasteiger partial charge in [0.05, 0.1) is 7.11 Å². The average molecular weight is 260 g/mol. The van der Waals surface area contributed by atoms with E-state index in [1.807, 2.05) is 6.07 Å². The Hall–Kier alpha value is -2.43. The molecule has 1 heterocycles. The maximum Gasteiger partial charge on any atom is 0.251 e. The van der Waals surface area contributed by atoms with Crippen LogP contribution in [0.1, 0.15) is 15.9 Å². The molecule has 1 aromatic carbocycles. The molecule has 0 aliphatic heterocycles. The zero-order chi connectivity index (χ0) is 13.7. The second kappa shape index (κ2) is 5.95. The van der Waals surface area contributed by atoms with Crippen LogP contribution in [0.5, 0.6) is 5.88 Å². The van der Waals surface area contributed by atoms with Gasteiger partial charge in [-0.05, 0) is 29.8 Å². The van der Waals surface area contributed by atoms with E-state index < -0.39 is 0 Å². The van der Waals surface area contributed by atoms with E-state index in [0.29, 0.717) is 18.0 Å². The summed E-state index contributed by atoms with van der Waals surface area (Å²) < 4.78 is 17.7. The van der Waals surface area contributed by atoms with Gasteiger partial charge in [-0.25, -0.2) is 9.37 Å². The number of nitrogens with one attached hydrogen (secondary N) is 1. The lowest BCUT2D eigenvalue weighted by Crippen LogP contribution is -2.22. The molecule has 0 saturated heterocycles.